The fourth-order valence-corrected chi connectivity index (χ4v) is 1.95. The molecule has 3 nitrogen and oxygen atoms in total. The van der Waals surface area contributed by atoms with Gasteiger partial charge in [-0.1, -0.05) is 55.5 Å². The van der Waals surface area contributed by atoms with Crippen LogP contribution in [0.1, 0.15) is 13.8 Å². The maximum Gasteiger partial charge on any atom is 0.228 e. The Hall–Kier alpha value is -2.13. The highest BCUT2D eigenvalue weighted by molar-refractivity contribution is 5.96. The van der Waals surface area contributed by atoms with E-state index in [1.54, 1.807) is 0 Å². The van der Waals surface area contributed by atoms with Crippen molar-refractivity contribution in [2.75, 3.05) is 5.32 Å². The van der Waals surface area contributed by atoms with E-state index >= 15 is 0 Å². The van der Waals surface area contributed by atoms with Crippen molar-refractivity contribution in [2.45, 2.75) is 19.9 Å². The van der Waals surface area contributed by atoms with E-state index in [0.29, 0.717) is 0 Å². The van der Waals surface area contributed by atoms with Crippen molar-refractivity contribution < 1.29 is 4.79 Å². The van der Waals surface area contributed by atoms with Gasteiger partial charge in [-0.2, -0.15) is 0 Å². The van der Waals surface area contributed by atoms with Gasteiger partial charge in [0.05, 0.1) is 5.92 Å². The smallest absolute Gasteiger partial charge is 0.228 e. The van der Waals surface area contributed by atoms with E-state index < -0.39 is 0 Å². The molecular weight excluding hydrogens is 248 g/mol. The Balaban J connectivity index is 2.28. The zero-order chi connectivity index (χ0) is 14.5. The van der Waals surface area contributed by atoms with E-state index in [1.165, 1.54) is 0 Å². The molecule has 0 bridgehead atoms. The number of rotatable bonds is 4. The lowest BCUT2D eigenvalue weighted by atomic mass is 10.0. The summed E-state index contributed by atoms with van der Waals surface area (Å²) in [5, 5.41) is 2.97. The van der Waals surface area contributed by atoms with Crippen LogP contribution in [-0.4, -0.2) is 11.9 Å². The third-order valence-electron chi connectivity index (χ3n) is 3.47. The van der Waals surface area contributed by atoms with Gasteiger partial charge in [-0.05, 0) is 18.6 Å². The molecule has 2 aromatic rings. The van der Waals surface area contributed by atoms with Crippen molar-refractivity contribution in [2.24, 2.45) is 11.7 Å². The molecule has 0 aromatic heterocycles. The summed E-state index contributed by atoms with van der Waals surface area (Å²) in [5.74, 6) is -0.276. The van der Waals surface area contributed by atoms with Crippen LogP contribution >= 0.6 is 0 Å². The molecular formula is C17H20N2O. The second kappa shape index (κ2) is 6.35. The Kier molecular flexibility index (Phi) is 4.53. The number of hydrogen-bond acceptors (Lipinski definition) is 2. The van der Waals surface area contributed by atoms with Gasteiger partial charge in [-0.15, -0.1) is 0 Å². The summed E-state index contributed by atoms with van der Waals surface area (Å²) >= 11 is 0. The lowest BCUT2D eigenvalue weighted by molar-refractivity contribution is -0.119. The van der Waals surface area contributed by atoms with Crippen LogP contribution < -0.4 is 11.1 Å². The minimum Gasteiger partial charge on any atom is -0.327 e. The lowest BCUT2D eigenvalue weighted by Gasteiger charge is -2.17. The highest BCUT2D eigenvalue weighted by atomic mass is 16.1. The third kappa shape index (κ3) is 3.25. The normalized spacial score (nSPS) is 13.6. The van der Waals surface area contributed by atoms with Crippen LogP contribution in [0.3, 0.4) is 0 Å². The summed E-state index contributed by atoms with van der Waals surface area (Å²) in [6.45, 7) is 3.68. The van der Waals surface area contributed by atoms with Crippen molar-refractivity contribution in [3.63, 3.8) is 0 Å². The van der Waals surface area contributed by atoms with E-state index in [0.717, 1.165) is 16.8 Å². The van der Waals surface area contributed by atoms with Gasteiger partial charge in [0, 0.05) is 17.3 Å². The Bertz CT molecular complexity index is 579. The average Bonchev–Trinajstić information content (AvgIpc) is 2.47. The van der Waals surface area contributed by atoms with Gasteiger partial charge >= 0.3 is 0 Å². The van der Waals surface area contributed by atoms with Crippen LogP contribution in [0, 0.1) is 5.92 Å². The van der Waals surface area contributed by atoms with Crippen LogP contribution in [-0.2, 0) is 4.79 Å². The molecule has 0 heterocycles. The SMILES string of the molecule is CC(N)C(C)C(=O)Nc1ccccc1-c1ccccc1. The molecule has 2 rings (SSSR count). The number of carbonyl (C=O) groups excluding carboxylic acids is 1. The minimum atomic E-state index is -0.223. The van der Waals surface area contributed by atoms with Gasteiger partial charge < -0.3 is 11.1 Å². The molecule has 0 saturated heterocycles. The first kappa shape index (κ1) is 14.3. The predicted octanol–water partition coefficient (Wildman–Crippen LogP) is 3.28. The largest absolute Gasteiger partial charge is 0.327 e. The quantitative estimate of drug-likeness (QED) is 0.894. The number of amides is 1. The number of para-hydroxylation sites is 1. The second-order valence-corrected chi connectivity index (χ2v) is 5.05. The van der Waals surface area contributed by atoms with Crippen molar-refractivity contribution in [3.8, 4) is 11.1 Å². The van der Waals surface area contributed by atoms with Gasteiger partial charge in [0.2, 0.25) is 5.91 Å². The highest BCUT2D eigenvalue weighted by Crippen LogP contribution is 2.27. The molecule has 3 heteroatoms. The maximum absolute atomic E-state index is 12.1. The Morgan fingerprint density at radius 3 is 2.25 bits per heavy atom. The number of nitrogens with two attached hydrogens (primary N) is 1. The third-order valence-corrected chi connectivity index (χ3v) is 3.47. The molecule has 1 amide bonds. The van der Waals surface area contributed by atoms with Crippen LogP contribution in [0.15, 0.2) is 54.6 Å². The molecule has 20 heavy (non-hydrogen) atoms. The fraction of sp³-hybridized carbons (Fsp3) is 0.235. The van der Waals surface area contributed by atoms with Crippen molar-refractivity contribution >= 4 is 11.6 Å². The van der Waals surface area contributed by atoms with Gasteiger partial charge in [0.25, 0.3) is 0 Å². The first-order valence-electron chi connectivity index (χ1n) is 6.80. The lowest BCUT2D eigenvalue weighted by Crippen LogP contribution is -2.34. The number of hydrogen-bond donors (Lipinski definition) is 2. The minimum absolute atomic E-state index is 0.0524. The van der Waals surface area contributed by atoms with Gasteiger partial charge in [-0.3, -0.25) is 4.79 Å². The molecule has 0 aliphatic rings. The molecule has 0 spiro atoms. The summed E-state index contributed by atoms with van der Waals surface area (Å²) in [4.78, 5) is 12.1. The zero-order valence-corrected chi connectivity index (χ0v) is 11.8. The highest BCUT2D eigenvalue weighted by Gasteiger charge is 2.18. The molecule has 0 fully saturated rings. The number of carbonyl (C=O) groups is 1. The van der Waals surface area contributed by atoms with E-state index in [9.17, 15) is 4.79 Å². The molecule has 2 unspecified atom stereocenters. The number of nitrogens with one attached hydrogen (secondary N) is 1. The Morgan fingerprint density at radius 1 is 1.00 bits per heavy atom. The van der Waals surface area contributed by atoms with Crippen LogP contribution in [0.25, 0.3) is 11.1 Å². The van der Waals surface area contributed by atoms with Crippen LogP contribution in [0.4, 0.5) is 5.69 Å². The van der Waals surface area contributed by atoms with E-state index in [-0.39, 0.29) is 17.9 Å². The maximum atomic E-state index is 12.1. The molecule has 2 aromatic carbocycles. The predicted molar refractivity (Wildman–Crippen MR) is 83.3 cm³/mol. The van der Waals surface area contributed by atoms with Crippen molar-refractivity contribution in [3.05, 3.63) is 54.6 Å². The first-order valence-corrected chi connectivity index (χ1v) is 6.80. The Labute approximate surface area is 119 Å². The van der Waals surface area contributed by atoms with E-state index in [4.69, 9.17) is 5.73 Å². The monoisotopic (exact) mass is 268 g/mol. The first-order chi connectivity index (χ1) is 9.59. The standard InChI is InChI=1S/C17H20N2O/c1-12(13(2)18)17(20)19-16-11-7-6-10-15(16)14-8-4-3-5-9-14/h3-13H,18H2,1-2H3,(H,19,20). The average molecular weight is 268 g/mol. The molecule has 0 radical (unpaired) electrons. The molecule has 3 N–H and O–H groups in total. The molecule has 104 valence electrons. The summed E-state index contributed by atoms with van der Waals surface area (Å²) < 4.78 is 0. The van der Waals surface area contributed by atoms with E-state index in [2.05, 4.69) is 5.32 Å². The topological polar surface area (TPSA) is 55.1 Å². The van der Waals surface area contributed by atoms with E-state index in [1.807, 2.05) is 68.4 Å². The summed E-state index contributed by atoms with van der Waals surface area (Å²) in [5.41, 5.74) is 8.69. The fourth-order valence-electron chi connectivity index (χ4n) is 1.95. The van der Waals surface area contributed by atoms with Crippen molar-refractivity contribution in [1.82, 2.24) is 0 Å². The number of anilines is 1. The van der Waals surface area contributed by atoms with Gasteiger partial charge in [0.1, 0.15) is 0 Å². The summed E-state index contributed by atoms with van der Waals surface area (Å²) in [6, 6.07) is 17.6. The zero-order valence-electron chi connectivity index (χ0n) is 11.8. The molecule has 0 aliphatic carbocycles. The summed E-state index contributed by atoms with van der Waals surface area (Å²) in [7, 11) is 0. The van der Waals surface area contributed by atoms with Gasteiger partial charge in [-0.25, -0.2) is 0 Å². The Morgan fingerprint density at radius 2 is 1.60 bits per heavy atom. The molecule has 2 atom stereocenters. The summed E-state index contributed by atoms with van der Waals surface area (Å²) in [6.07, 6.45) is 0. The van der Waals surface area contributed by atoms with Crippen molar-refractivity contribution in [1.29, 1.82) is 0 Å². The molecule has 0 aliphatic heterocycles. The van der Waals surface area contributed by atoms with Crippen LogP contribution in [0.2, 0.25) is 0 Å². The van der Waals surface area contributed by atoms with Crippen LogP contribution in [0.5, 0.6) is 0 Å². The molecule has 0 saturated carbocycles. The number of benzene rings is 2. The van der Waals surface area contributed by atoms with Gasteiger partial charge in [0.15, 0.2) is 0 Å². The second-order valence-electron chi connectivity index (χ2n) is 5.05.